The van der Waals surface area contributed by atoms with Gasteiger partial charge in [-0.15, -0.1) is 31.7 Å². The average molecular weight is 817 g/mol. The molecule has 0 radical (unpaired) electrons. The van der Waals surface area contributed by atoms with E-state index in [1.807, 2.05) is 31.3 Å². The molecule has 4 aromatic heterocycles. The normalized spacial score (nSPS) is 22.5. The molecule has 0 unspecified atom stereocenters. The number of carbonyl (C=O) groups excluding carboxylic acids is 1. The fourth-order valence-corrected chi connectivity index (χ4v) is 10.6. The number of anilines is 1. The van der Waals surface area contributed by atoms with Crippen molar-refractivity contribution in [1.29, 1.82) is 5.26 Å². The number of aliphatic imine (C=N–C) groups is 1. The molecule has 4 aliphatic rings. The highest BCUT2D eigenvalue weighted by molar-refractivity contribution is 7.15. The van der Waals surface area contributed by atoms with E-state index >= 15 is 0 Å². The number of pyridine rings is 1. The van der Waals surface area contributed by atoms with Crippen molar-refractivity contribution in [2.45, 2.75) is 90.8 Å². The van der Waals surface area contributed by atoms with Gasteiger partial charge in [0, 0.05) is 35.6 Å². The zero-order valence-electron chi connectivity index (χ0n) is 32.9. The summed E-state index contributed by atoms with van der Waals surface area (Å²) in [5.41, 5.74) is 5.01. The highest BCUT2D eigenvalue weighted by atomic mass is 35.5. The molecule has 1 saturated heterocycles. The summed E-state index contributed by atoms with van der Waals surface area (Å²) in [5.74, 6) is 4.22. The number of piperidine rings is 1. The number of rotatable bonds is 9. The maximum Gasteiger partial charge on any atom is 0.272 e. The number of nitrogens with one attached hydrogen (secondary N) is 1. The summed E-state index contributed by atoms with van der Waals surface area (Å²) in [6.07, 6.45) is 9.58. The molecule has 1 spiro atoms. The van der Waals surface area contributed by atoms with Crippen LogP contribution >= 0.6 is 22.9 Å². The molecule has 2 aliphatic carbocycles. The summed E-state index contributed by atoms with van der Waals surface area (Å²) in [7, 11) is 0. The first kappa shape index (κ1) is 38.1. The largest absolute Gasteiger partial charge is 0.492 e. The van der Waals surface area contributed by atoms with Gasteiger partial charge in [0.05, 0.1) is 40.9 Å². The number of amides is 1. The molecular formula is C43H45ClN10O3S. The quantitative estimate of drug-likeness (QED) is 0.158. The van der Waals surface area contributed by atoms with Crippen molar-refractivity contribution in [2.75, 3.05) is 24.6 Å². The number of ether oxygens (including phenoxy) is 2. The predicted octanol–water partition coefficient (Wildman–Crippen LogP) is 7.51. The Bertz CT molecular complexity index is 2410. The lowest BCUT2D eigenvalue weighted by Gasteiger charge is -2.53. The minimum absolute atomic E-state index is 0.0334. The second kappa shape index (κ2) is 15.8. The SMILES string of the molecule is Cc1sc2c(c1C)C(c1ccc(OCC3CC4(CCCN(c5ccc(C(=O)N[C@H]6CC[C@H](Oc7ccc(C#N)c(Cl)c7)CC6)nn5)C4)C3)cn1)=NCc1nnc(C)n1-2. The first-order valence-electron chi connectivity index (χ1n) is 20.1. The maximum absolute atomic E-state index is 13.1. The Kier molecular flexibility index (Phi) is 10.4. The summed E-state index contributed by atoms with van der Waals surface area (Å²) < 4.78 is 14.5. The molecule has 1 aromatic carbocycles. The first-order valence-corrected chi connectivity index (χ1v) is 21.3. The van der Waals surface area contributed by atoms with Crippen LogP contribution in [0.25, 0.3) is 5.00 Å². The molecule has 0 bridgehead atoms. The van der Waals surface area contributed by atoms with Crippen LogP contribution in [-0.2, 0) is 6.54 Å². The number of aromatic nitrogens is 6. The van der Waals surface area contributed by atoms with Crippen LogP contribution in [0.1, 0.15) is 101 Å². The van der Waals surface area contributed by atoms with Crippen molar-refractivity contribution in [1.82, 2.24) is 35.3 Å². The lowest BCUT2D eigenvalue weighted by molar-refractivity contribution is 0.0112. The number of hydrogen-bond acceptors (Lipinski definition) is 12. The lowest BCUT2D eigenvalue weighted by Crippen LogP contribution is -2.51. The Morgan fingerprint density at radius 2 is 1.86 bits per heavy atom. The summed E-state index contributed by atoms with van der Waals surface area (Å²) in [6, 6.07) is 15.0. The number of fused-ring (bicyclic) bond motifs is 3. The number of aryl methyl sites for hydroxylation is 2. The average Bonchev–Trinajstić information content (AvgIpc) is 3.68. The molecule has 1 amide bonds. The second-order valence-electron chi connectivity index (χ2n) is 16.2. The van der Waals surface area contributed by atoms with Gasteiger partial charge in [0.15, 0.2) is 17.3 Å². The molecular weight excluding hydrogens is 772 g/mol. The van der Waals surface area contributed by atoms with Crippen molar-refractivity contribution in [3.63, 3.8) is 0 Å². The van der Waals surface area contributed by atoms with Crippen LogP contribution in [0.5, 0.6) is 11.5 Å². The van der Waals surface area contributed by atoms with Gasteiger partial charge >= 0.3 is 0 Å². The van der Waals surface area contributed by atoms with Crippen LogP contribution in [0.2, 0.25) is 5.02 Å². The molecule has 15 heteroatoms. The number of hydrogen-bond donors (Lipinski definition) is 1. The number of thiophene rings is 1. The highest BCUT2D eigenvalue weighted by Gasteiger charge is 2.47. The monoisotopic (exact) mass is 816 g/mol. The fourth-order valence-electron chi connectivity index (χ4n) is 9.15. The summed E-state index contributed by atoms with van der Waals surface area (Å²) in [4.78, 5) is 26.5. The van der Waals surface area contributed by atoms with Gasteiger partial charge in [-0.05, 0) is 125 Å². The van der Waals surface area contributed by atoms with Gasteiger partial charge in [0.2, 0.25) is 0 Å². The van der Waals surface area contributed by atoms with E-state index in [0.717, 1.165) is 103 Å². The van der Waals surface area contributed by atoms with E-state index in [9.17, 15) is 4.79 Å². The van der Waals surface area contributed by atoms with E-state index in [2.05, 4.69) is 55.1 Å². The molecule has 6 heterocycles. The zero-order valence-corrected chi connectivity index (χ0v) is 34.4. The van der Waals surface area contributed by atoms with Crippen LogP contribution in [0.3, 0.4) is 0 Å². The van der Waals surface area contributed by atoms with Crippen LogP contribution in [0, 0.1) is 43.4 Å². The number of benzene rings is 1. The zero-order chi connectivity index (χ0) is 40.0. The van der Waals surface area contributed by atoms with Gasteiger partial charge in [-0.25, -0.2) is 0 Å². The van der Waals surface area contributed by atoms with Crippen molar-refractivity contribution < 1.29 is 14.3 Å². The smallest absolute Gasteiger partial charge is 0.272 e. The topological polar surface area (TPSA) is 156 Å². The summed E-state index contributed by atoms with van der Waals surface area (Å²) in [5, 5.41) is 31.3. The van der Waals surface area contributed by atoms with Gasteiger partial charge in [0.25, 0.3) is 5.91 Å². The van der Waals surface area contributed by atoms with Crippen molar-refractivity contribution in [3.8, 4) is 22.6 Å². The molecule has 3 fully saturated rings. The van der Waals surface area contributed by atoms with E-state index in [4.69, 9.17) is 36.3 Å². The summed E-state index contributed by atoms with van der Waals surface area (Å²) >= 11 is 7.91. The van der Waals surface area contributed by atoms with E-state index in [1.54, 1.807) is 35.6 Å². The van der Waals surface area contributed by atoms with Crippen LogP contribution in [0.4, 0.5) is 5.82 Å². The molecule has 2 saturated carbocycles. The van der Waals surface area contributed by atoms with Gasteiger partial charge in [0.1, 0.15) is 34.9 Å². The predicted molar refractivity (Wildman–Crippen MR) is 221 cm³/mol. The van der Waals surface area contributed by atoms with Crippen molar-refractivity contribution in [2.24, 2.45) is 16.3 Å². The van der Waals surface area contributed by atoms with E-state index in [0.29, 0.717) is 41.1 Å². The number of nitriles is 1. The third-order valence-corrected chi connectivity index (χ3v) is 13.7. The number of nitrogens with zero attached hydrogens (tertiary/aromatic N) is 9. The third-order valence-electron chi connectivity index (χ3n) is 12.2. The van der Waals surface area contributed by atoms with Gasteiger partial charge in [-0.3, -0.25) is 19.3 Å². The van der Waals surface area contributed by atoms with E-state index in [-0.39, 0.29) is 23.5 Å². The van der Waals surface area contributed by atoms with Crippen LogP contribution < -0.4 is 19.7 Å². The Morgan fingerprint density at radius 1 is 1.03 bits per heavy atom. The number of halogens is 1. The third kappa shape index (κ3) is 7.53. The molecule has 5 aromatic rings. The van der Waals surface area contributed by atoms with E-state index in [1.165, 1.54) is 16.9 Å². The minimum Gasteiger partial charge on any atom is -0.492 e. The molecule has 1 N–H and O–H groups in total. The van der Waals surface area contributed by atoms with Gasteiger partial charge in [-0.2, -0.15) is 5.26 Å². The highest BCUT2D eigenvalue weighted by Crippen LogP contribution is 2.51. The van der Waals surface area contributed by atoms with Gasteiger partial charge < -0.3 is 19.7 Å². The van der Waals surface area contributed by atoms with Gasteiger partial charge in [-0.1, -0.05) is 11.6 Å². The van der Waals surface area contributed by atoms with E-state index < -0.39 is 0 Å². The molecule has 9 rings (SSSR count). The molecule has 2 aliphatic heterocycles. The molecule has 298 valence electrons. The minimum atomic E-state index is -0.203. The Balaban J connectivity index is 0.740. The Hall–Kier alpha value is -5.39. The fraction of sp³-hybridized carbons (Fsp3) is 0.442. The number of carbonyl (C=O) groups is 1. The Labute approximate surface area is 346 Å². The van der Waals surface area contributed by atoms with Crippen molar-refractivity contribution in [3.05, 3.63) is 98.3 Å². The second-order valence-corrected chi connectivity index (χ2v) is 17.8. The van der Waals surface area contributed by atoms with Crippen LogP contribution in [-0.4, -0.2) is 73.4 Å². The molecule has 58 heavy (non-hydrogen) atoms. The summed E-state index contributed by atoms with van der Waals surface area (Å²) in [6.45, 7) is 9.24. The molecule has 0 atom stereocenters. The molecule has 13 nitrogen and oxygen atoms in total. The standard InChI is InChI=1S/C43H45ClN10O3S/c1-25-26(2)58-42-39(25)40(47-22-38-52-49-27(3)54(38)42)35-12-11-33(21-46-35)56-23-28-18-43(19-28)15-4-16-53(24-43)37-14-13-36(50-51-37)41(55)48-30-6-9-31(10-7-30)57-32-8-5-29(20-45)34(44)17-32/h5,8,11-14,17,21,28,30-31H,4,6-7,9-10,15-16,18-19,22-24H2,1-3H3,(H,48,55)/t28?,30-,31-,43?. The lowest BCUT2D eigenvalue weighted by atomic mass is 9.58. The maximum atomic E-state index is 13.1. The van der Waals surface area contributed by atoms with Crippen molar-refractivity contribution >= 4 is 40.4 Å². The Morgan fingerprint density at radius 3 is 2.60 bits per heavy atom. The first-order chi connectivity index (χ1) is 28.1. The van der Waals surface area contributed by atoms with Crippen LogP contribution in [0.15, 0.2) is 53.7 Å².